The van der Waals surface area contributed by atoms with Crippen molar-refractivity contribution in [3.63, 3.8) is 0 Å². The Morgan fingerprint density at radius 3 is 2.33 bits per heavy atom. The number of H-pyrrole nitrogens is 1. The van der Waals surface area contributed by atoms with Gasteiger partial charge in [0.15, 0.2) is 5.78 Å². The highest BCUT2D eigenvalue weighted by molar-refractivity contribution is 6.02. The van der Waals surface area contributed by atoms with E-state index < -0.39 is 5.97 Å². The average Bonchev–Trinajstić information content (AvgIpc) is 2.68. The van der Waals surface area contributed by atoms with Gasteiger partial charge in [-0.15, -0.1) is 0 Å². The fraction of sp³-hybridized carbons (Fsp3) is 0.533. The van der Waals surface area contributed by atoms with Gasteiger partial charge in [-0.05, 0) is 39.2 Å². The molecule has 1 aromatic heterocycles. The molecule has 0 saturated carbocycles. The summed E-state index contributed by atoms with van der Waals surface area (Å²) >= 11 is 0. The smallest absolute Gasteiger partial charge is 0.303 e. The zero-order valence-electron chi connectivity index (χ0n) is 12.7. The SMILES string of the molecule is CC(=O)c1c(C)[nH]c(C(=O)NCCCCCC(=O)O)c1C. The highest BCUT2D eigenvalue weighted by atomic mass is 16.4. The zero-order chi connectivity index (χ0) is 16.0. The molecule has 0 aromatic carbocycles. The Hall–Kier alpha value is -2.11. The molecule has 6 heteroatoms. The summed E-state index contributed by atoms with van der Waals surface area (Å²) in [7, 11) is 0. The highest BCUT2D eigenvalue weighted by Gasteiger charge is 2.19. The summed E-state index contributed by atoms with van der Waals surface area (Å²) in [5, 5.41) is 11.3. The van der Waals surface area contributed by atoms with E-state index in [-0.39, 0.29) is 18.1 Å². The lowest BCUT2D eigenvalue weighted by Gasteiger charge is -2.04. The van der Waals surface area contributed by atoms with Crippen LogP contribution < -0.4 is 5.32 Å². The molecular formula is C15H22N2O4. The van der Waals surface area contributed by atoms with Crippen LogP contribution in [-0.2, 0) is 4.79 Å². The van der Waals surface area contributed by atoms with Gasteiger partial charge in [-0.3, -0.25) is 14.4 Å². The number of carbonyl (C=O) groups excluding carboxylic acids is 2. The zero-order valence-corrected chi connectivity index (χ0v) is 12.7. The van der Waals surface area contributed by atoms with Crippen LogP contribution in [-0.4, -0.2) is 34.3 Å². The van der Waals surface area contributed by atoms with Crippen molar-refractivity contribution in [1.82, 2.24) is 10.3 Å². The Labute approximate surface area is 123 Å². The Bertz CT molecular complexity index is 546. The molecule has 1 heterocycles. The van der Waals surface area contributed by atoms with Crippen LogP contribution in [0.2, 0.25) is 0 Å². The van der Waals surface area contributed by atoms with Gasteiger partial charge in [0.1, 0.15) is 5.69 Å². The first-order valence-corrected chi connectivity index (χ1v) is 7.04. The summed E-state index contributed by atoms with van der Waals surface area (Å²) in [5.41, 5.74) is 2.36. The van der Waals surface area contributed by atoms with Crippen molar-refractivity contribution in [2.24, 2.45) is 0 Å². The van der Waals surface area contributed by atoms with E-state index in [9.17, 15) is 14.4 Å². The maximum atomic E-state index is 12.0. The number of hydrogen-bond acceptors (Lipinski definition) is 3. The van der Waals surface area contributed by atoms with Crippen molar-refractivity contribution in [2.45, 2.75) is 46.5 Å². The van der Waals surface area contributed by atoms with E-state index in [1.54, 1.807) is 13.8 Å². The minimum atomic E-state index is -0.798. The third kappa shape index (κ3) is 4.73. The number of amides is 1. The molecule has 0 unspecified atom stereocenters. The van der Waals surface area contributed by atoms with E-state index >= 15 is 0 Å². The minimum absolute atomic E-state index is 0.0611. The van der Waals surface area contributed by atoms with Gasteiger partial charge in [-0.25, -0.2) is 0 Å². The van der Waals surface area contributed by atoms with E-state index in [1.807, 2.05) is 0 Å². The predicted octanol–water partition coefficient (Wildman–Crippen LogP) is 2.21. The molecule has 0 fully saturated rings. The Morgan fingerprint density at radius 2 is 1.81 bits per heavy atom. The van der Waals surface area contributed by atoms with E-state index in [1.165, 1.54) is 6.92 Å². The number of rotatable bonds is 8. The molecule has 3 N–H and O–H groups in total. The second kappa shape index (κ2) is 7.61. The number of aryl methyl sites for hydroxylation is 1. The van der Waals surface area contributed by atoms with Crippen LogP contribution in [0.1, 0.15) is 64.7 Å². The lowest BCUT2D eigenvalue weighted by atomic mass is 10.1. The summed E-state index contributed by atoms with van der Waals surface area (Å²) in [6, 6.07) is 0. The molecule has 0 spiro atoms. The molecular weight excluding hydrogens is 272 g/mol. The second-order valence-corrected chi connectivity index (χ2v) is 5.14. The van der Waals surface area contributed by atoms with Gasteiger partial charge in [0, 0.05) is 24.2 Å². The second-order valence-electron chi connectivity index (χ2n) is 5.14. The van der Waals surface area contributed by atoms with Crippen molar-refractivity contribution >= 4 is 17.7 Å². The Morgan fingerprint density at radius 1 is 1.14 bits per heavy atom. The normalized spacial score (nSPS) is 10.4. The van der Waals surface area contributed by atoms with Crippen LogP contribution >= 0.6 is 0 Å². The molecule has 0 bridgehead atoms. The van der Waals surface area contributed by atoms with Crippen LogP contribution in [0.3, 0.4) is 0 Å². The Balaban J connectivity index is 2.48. The number of nitrogens with one attached hydrogen (secondary N) is 2. The topological polar surface area (TPSA) is 99.3 Å². The van der Waals surface area contributed by atoms with Gasteiger partial charge in [-0.1, -0.05) is 6.42 Å². The molecule has 0 radical (unpaired) electrons. The molecule has 0 atom stereocenters. The lowest BCUT2D eigenvalue weighted by molar-refractivity contribution is -0.137. The molecule has 0 saturated heterocycles. The van der Waals surface area contributed by atoms with Crippen molar-refractivity contribution in [3.8, 4) is 0 Å². The molecule has 21 heavy (non-hydrogen) atoms. The highest BCUT2D eigenvalue weighted by Crippen LogP contribution is 2.18. The average molecular weight is 294 g/mol. The number of carbonyl (C=O) groups is 3. The molecule has 0 aliphatic rings. The number of hydrogen-bond donors (Lipinski definition) is 3. The number of unbranched alkanes of at least 4 members (excludes halogenated alkanes) is 2. The molecule has 0 aliphatic heterocycles. The van der Waals surface area contributed by atoms with E-state index in [2.05, 4.69) is 10.3 Å². The number of aromatic amines is 1. The van der Waals surface area contributed by atoms with Crippen molar-refractivity contribution in [3.05, 3.63) is 22.5 Å². The summed E-state index contributed by atoms with van der Waals surface area (Å²) in [5.74, 6) is -1.09. The largest absolute Gasteiger partial charge is 0.481 e. The predicted molar refractivity (Wildman–Crippen MR) is 78.7 cm³/mol. The maximum absolute atomic E-state index is 12.0. The maximum Gasteiger partial charge on any atom is 0.303 e. The molecule has 6 nitrogen and oxygen atoms in total. The third-order valence-electron chi connectivity index (χ3n) is 3.37. The summed E-state index contributed by atoms with van der Waals surface area (Å²) < 4.78 is 0. The number of aliphatic carboxylic acids is 1. The number of ketones is 1. The number of carboxylic acid groups (broad SMARTS) is 1. The van der Waals surface area contributed by atoms with Gasteiger partial charge in [-0.2, -0.15) is 0 Å². The van der Waals surface area contributed by atoms with Crippen molar-refractivity contribution < 1.29 is 19.5 Å². The summed E-state index contributed by atoms with van der Waals surface area (Å²) in [6.45, 7) is 5.49. The first kappa shape index (κ1) is 16.9. The standard InChI is InChI=1S/C15H22N2O4/c1-9-13(11(3)18)10(2)17-14(9)15(21)16-8-6-4-5-7-12(19)20/h17H,4-8H2,1-3H3,(H,16,21)(H,19,20). The molecule has 1 rings (SSSR count). The van der Waals surface area contributed by atoms with Crippen LogP contribution in [0.5, 0.6) is 0 Å². The van der Waals surface area contributed by atoms with Gasteiger partial charge >= 0.3 is 5.97 Å². The third-order valence-corrected chi connectivity index (χ3v) is 3.37. The molecule has 0 aliphatic carbocycles. The van der Waals surface area contributed by atoms with Crippen molar-refractivity contribution in [2.75, 3.05) is 6.54 Å². The quantitative estimate of drug-likeness (QED) is 0.505. The number of aromatic nitrogens is 1. The van der Waals surface area contributed by atoms with E-state index in [4.69, 9.17) is 5.11 Å². The number of carboxylic acids is 1. The van der Waals surface area contributed by atoms with E-state index in [0.29, 0.717) is 35.5 Å². The summed E-state index contributed by atoms with van der Waals surface area (Å²) in [6.07, 6.45) is 2.26. The molecule has 116 valence electrons. The first-order valence-electron chi connectivity index (χ1n) is 7.04. The van der Waals surface area contributed by atoms with E-state index in [0.717, 1.165) is 12.8 Å². The fourth-order valence-corrected chi connectivity index (χ4v) is 2.37. The van der Waals surface area contributed by atoms with Gasteiger partial charge in [0.25, 0.3) is 5.91 Å². The van der Waals surface area contributed by atoms with Crippen LogP contribution in [0.4, 0.5) is 0 Å². The first-order chi connectivity index (χ1) is 9.84. The Kier molecular flexibility index (Phi) is 6.14. The minimum Gasteiger partial charge on any atom is -0.481 e. The van der Waals surface area contributed by atoms with Gasteiger partial charge < -0.3 is 15.4 Å². The van der Waals surface area contributed by atoms with Crippen LogP contribution in [0.25, 0.3) is 0 Å². The lowest BCUT2D eigenvalue weighted by Crippen LogP contribution is -2.25. The molecule has 1 aromatic rings. The van der Waals surface area contributed by atoms with Gasteiger partial charge in [0.2, 0.25) is 0 Å². The summed E-state index contributed by atoms with van der Waals surface area (Å²) in [4.78, 5) is 36.9. The fourth-order valence-electron chi connectivity index (χ4n) is 2.37. The molecule has 1 amide bonds. The van der Waals surface area contributed by atoms with Gasteiger partial charge in [0.05, 0.1) is 0 Å². The van der Waals surface area contributed by atoms with Crippen molar-refractivity contribution in [1.29, 1.82) is 0 Å². The van der Waals surface area contributed by atoms with Crippen LogP contribution in [0, 0.1) is 13.8 Å². The number of Topliss-reactive ketones (excluding diaryl/α,β-unsaturated/α-hetero) is 1. The van der Waals surface area contributed by atoms with Crippen LogP contribution in [0.15, 0.2) is 0 Å². The monoisotopic (exact) mass is 294 g/mol.